The predicted molar refractivity (Wildman–Crippen MR) is 117 cm³/mol. The van der Waals surface area contributed by atoms with Gasteiger partial charge in [0.2, 0.25) is 5.91 Å². The van der Waals surface area contributed by atoms with Gasteiger partial charge >= 0.3 is 5.97 Å². The fourth-order valence-electron chi connectivity index (χ4n) is 4.63. The molecule has 0 aliphatic heterocycles. The predicted octanol–water partition coefficient (Wildman–Crippen LogP) is 3.80. The molecule has 2 aliphatic carbocycles. The number of ketones is 1. The zero-order valence-electron chi connectivity index (χ0n) is 18.7. The number of rotatable bonds is 8. The average Bonchev–Trinajstić information content (AvgIpc) is 3.66. The number of ether oxygens (including phenoxy) is 1. The number of aromatic nitrogens is 1. The van der Waals surface area contributed by atoms with E-state index in [0.29, 0.717) is 16.8 Å². The summed E-state index contributed by atoms with van der Waals surface area (Å²) in [6.45, 7) is 5.71. The summed E-state index contributed by atoms with van der Waals surface area (Å²) < 4.78 is 6.88. The van der Waals surface area contributed by atoms with Crippen molar-refractivity contribution in [3.05, 3.63) is 58.4 Å². The fraction of sp³-hybridized carbons (Fsp3) is 0.480. The highest BCUT2D eigenvalue weighted by Gasteiger charge is 2.48. The number of benzene rings is 1. The molecule has 6 nitrogen and oxygen atoms in total. The van der Waals surface area contributed by atoms with Gasteiger partial charge in [-0.1, -0.05) is 30.3 Å². The fourth-order valence-corrected chi connectivity index (χ4v) is 4.63. The Morgan fingerprint density at radius 3 is 2.42 bits per heavy atom. The molecule has 1 aromatic heterocycles. The van der Waals surface area contributed by atoms with Crippen molar-refractivity contribution >= 4 is 17.7 Å². The smallest absolute Gasteiger partial charge is 0.355 e. The second kappa shape index (κ2) is 8.33. The van der Waals surface area contributed by atoms with E-state index in [4.69, 9.17) is 4.74 Å². The molecule has 2 atom stereocenters. The van der Waals surface area contributed by atoms with Crippen molar-refractivity contribution < 1.29 is 19.1 Å². The van der Waals surface area contributed by atoms with E-state index in [0.717, 1.165) is 25.0 Å². The molecule has 0 saturated heterocycles. The molecule has 0 N–H and O–H groups in total. The van der Waals surface area contributed by atoms with Gasteiger partial charge in [-0.3, -0.25) is 9.59 Å². The van der Waals surface area contributed by atoms with Crippen molar-refractivity contribution in [3.8, 4) is 0 Å². The van der Waals surface area contributed by atoms with Crippen LogP contribution < -0.4 is 0 Å². The lowest BCUT2D eigenvalue weighted by atomic mass is 10.0. The van der Waals surface area contributed by atoms with Crippen LogP contribution in [0.5, 0.6) is 0 Å². The molecule has 6 heteroatoms. The van der Waals surface area contributed by atoms with Gasteiger partial charge in [0.05, 0.1) is 13.2 Å². The Kier molecular flexibility index (Phi) is 5.73. The Balaban J connectivity index is 1.52. The van der Waals surface area contributed by atoms with Gasteiger partial charge in [-0.2, -0.15) is 0 Å². The Bertz CT molecular complexity index is 1020. The molecule has 4 rings (SSSR count). The van der Waals surface area contributed by atoms with Crippen LogP contribution in [0.25, 0.3) is 0 Å². The van der Waals surface area contributed by atoms with E-state index in [1.165, 1.54) is 5.56 Å². The van der Waals surface area contributed by atoms with Crippen LogP contribution in [0.3, 0.4) is 0 Å². The summed E-state index contributed by atoms with van der Waals surface area (Å²) in [5, 5.41) is 0. The Labute approximate surface area is 183 Å². The van der Waals surface area contributed by atoms with Crippen molar-refractivity contribution in [1.29, 1.82) is 0 Å². The van der Waals surface area contributed by atoms with Gasteiger partial charge in [-0.25, -0.2) is 4.79 Å². The van der Waals surface area contributed by atoms with E-state index in [-0.39, 0.29) is 42.7 Å². The molecule has 0 spiro atoms. The third-order valence-electron chi connectivity index (χ3n) is 6.60. The molecular formula is C25H30N2O4. The van der Waals surface area contributed by atoms with Gasteiger partial charge in [0, 0.05) is 30.3 Å². The van der Waals surface area contributed by atoms with E-state index in [9.17, 15) is 14.4 Å². The number of carbonyl (C=O) groups excluding carboxylic acids is 3. The molecular weight excluding hydrogens is 392 g/mol. The van der Waals surface area contributed by atoms with Crippen molar-refractivity contribution in [1.82, 2.24) is 9.47 Å². The third kappa shape index (κ3) is 4.03. The SMILES string of the molecule is CCOC(=O)c1c(C)c(C(=O)CN(C(=O)[C@H]2C[C@H]2c2ccccc2)C2CC2)c(C)n1C. The largest absolute Gasteiger partial charge is 0.461 e. The molecule has 2 fully saturated rings. The van der Waals surface area contributed by atoms with Crippen LogP contribution >= 0.6 is 0 Å². The van der Waals surface area contributed by atoms with Crippen LogP contribution in [0.15, 0.2) is 30.3 Å². The first-order valence-electron chi connectivity index (χ1n) is 11.1. The van der Waals surface area contributed by atoms with E-state index in [1.807, 2.05) is 25.1 Å². The van der Waals surface area contributed by atoms with Gasteiger partial charge in [0.1, 0.15) is 5.69 Å². The van der Waals surface area contributed by atoms with Crippen molar-refractivity contribution in [2.24, 2.45) is 13.0 Å². The maximum Gasteiger partial charge on any atom is 0.355 e. The van der Waals surface area contributed by atoms with Crippen molar-refractivity contribution in [3.63, 3.8) is 0 Å². The first-order chi connectivity index (χ1) is 14.8. The first kappa shape index (κ1) is 21.3. The summed E-state index contributed by atoms with van der Waals surface area (Å²) in [7, 11) is 1.77. The van der Waals surface area contributed by atoms with Crippen molar-refractivity contribution in [2.45, 2.75) is 52.0 Å². The number of esters is 1. The molecule has 0 unspecified atom stereocenters. The van der Waals surface area contributed by atoms with E-state index in [1.54, 1.807) is 30.4 Å². The second-order valence-electron chi connectivity index (χ2n) is 8.69. The van der Waals surface area contributed by atoms with Crippen molar-refractivity contribution in [2.75, 3.05) is 13.2 Å². The second-order valence-corrected chi connectivity index (χ2v) is 8.69. The number of nitrogens with zero attached hydrogens (tertiary/aromatic N) is 2. The van der Waals surface area contributed by atoms with Gasteiger partial charge in [-0.05, 0) is 57.1 Å². The van der Waals surface area contributed by atoms with Gasteiger partial charge < -0.3 is 14.2 Å². The third-order valence-corrected chi connectivity index (χ3v) is 6.60. The Morgan fingerprint density at radius 1 is 1.13 bits per heavy atom. The minimum Gasteiger partial charge on any atom is -0.461 e. The standard InChI is InChI=1S/C25H30N2O4/c1-5-31-25(30)23-15(2)22(16(3)26(23)4)21(28)14-27(18-11-12-18)24(29)20-13-19(20)17-9-7-6-8-10-17/h6-10,18-20H,5,11-14H2,1-4H3/t19-,20-/m0/s1. The van der Waals surface area contributed by atoms with Crippen LogP contribution in [0.4, 0.5) is 0 Å². The van der Waals surface area contributed by atoms with Crippen LogP contribution in [0.1, 0.15) is 69.8 Å². The van der Waals surface area contributed by atoms with Crippen LogP contribution in [-0.2, 0) is 16.6 Å². The number of carbonyl (C=O) groups is 3. The number of Topliss-reactive ketones (excluding diaryl/α,β-unsaturated/α-hetero) is 1. The summed E-state index contributed by atoms with van der Waals surface area (Å²) in [4.78, 5) is 40.7. The molecule has 1 aromatic carbocycles. The van der Waals surface area contributed by atoms with E-state index < -0.39 is 5.97 Å². The number of amides is 1. The lowest BCUT2D eigenvalue weighted by Gasteiger charge is -2.22. The number of hydrogen-bond donors (Lipinski definition) is 0. The molecule has 31 heavy (non-hydrogen) atoms. The first-order valence-corrected chi connectivity index (χ1v) is 11.1. The van der Waals surface area contributed by atoms with E-state index in [2.05, 4.69) is 12.1 Å². The summed E-state index contributed by atoms with van der Waals surface area (Å²) >= 11 is 0. The highest BCUT2D eigenvalue weighted by molar-refractivity contribution is 6.05. The van der Waals surface area contributed by atoms with Gasteiger partial charge in [-0.15, -0.1) is 0 Å². The molecule has 1 heterocycles. The van der Waals surface area contributed by atoms with Gasteiger partial charge in [0.15, 0.2) is 5.78 Å². The van der Waals surface area contributed by atoms with Gasteiger partial charge in [0.25, 0.3) is 0 Å². The molecule has 1 amide bonds. The quantitative estimate of drug-likeness (QED) is 0.479. The van der Waals surface area contributed by atoms with E-state index >= 15 is 0 Å². The highest BCUT2D eigenvalue weighted by Crippen LogP contribution is 2.49. The Hall–Kier alpha value is -2.89. The van der Waals surface area contributed by atoms with Crippen LogP contribution in [0.2, 0.25) is 0 Å². The summed E-state index contributed by atoms with van der Waals surface area (Å²) in [6.07, 6.45) is 2.74. The zero-order chi connectivity index (χ0) is 22.3. The van der Waals surface area contributed by atoms with Crippen LogP contribution in [0, 0.1) is 19.8 Å². The lowest BCUT2D eigenvalue weighted by molar-refractivity contribution is -0.132. The minimum atomic E-state index is -0.427. The maximum absolute atomic E-state index is 13.3. The minimum absolute atomic E-state index is 0.0381. The number of hydrogen-bond acceptors (Lipinski definition) is 4. The highest BCUT2D eigenvalue weighted by atomic mass is 16.5. The molecule has 164 valence electrons. The zero-order valence-corrected chi connectivity index (χ0v) is 18.7. The molecule has 0 radical (unpaired) electrons. The molecule has 2 aromatic rings. The summed E-state index contributed by atoms with van der Waals surface area (Å²) in [5.41, 5.74) is 3.47. The lowest BCUT2D eigenvalue weighted by Crippen LogP contribution is -2.39. The topological polar surface area (TPSA) is 68.6 Å². The summed E-state index contributed by atoms with van der Waals surface area (Å²) in [6, 6.07) is 10.3. The maximum atomic E-state index is 13.3. The molecule has 2 aliphatic rings. The molecule has 2 saturated carbocycles. The van der Waals surface area contributed by atoms with Crippen LogP contribution in [-0.4, -0.2) is 46.3 Å². The summed E-state index contributed by atoms with van der Waals surface area (Å²) in [5.74, 6) is -0.243. The molecule has 0 bridgehead atoms. The monoisotopic (exact) mass is 422 g/mol. The average molecular weight is 423 g/mol. The Morgan fingerprint density at radius 2 is 1.81 bits per heavy atom. The normalized spacial score (nSPS) is 19.7.